The van der Waals surface area contributed by atoms with Crippen molar-refractivity contribution in [1.82, 2.24) is 0 Å². The first-order valence-corrected chi connectivity index (χ1v) is 5.39. The molecule has 0 heterocycles. The fraction of sp³-hybridized carbons (Fsp3) is 0.800. The van der Waals surface area contributed by atoms with Crippen LogP contribution in [-0.4, -0.2) is 23.5 Å². The van der Waals surface area contributed by atoms with Gasteiger partial charge in [-0.05, 0) is 20.8 Å². The summed E-state index contributed by atoms with van der Waals surface area (Å²) in [6, 6.07) is 0. The first-order valence-electron chi connectivity index (χ1n) is 4.75. The van der Waals surface area contributed by atoms with Crippen LogP contribution in [-0.2, 0) is 19.1 Å². The Labute approximate surface area is 95.7 Å². The summed E-state index contributed by atoms with van der Waals surface area (Å²) in [4.78, 5) is 22.5. The molecule has 0 saturated carbocycles. The Morgan fingerprint density at radius 2 is 1.87 bits per heavy atom. The van der Waals surface area contributed by atoms with Crippen LogP contribution in [0.3, 0.4) is 0 Å². The number of esters is 2. The third-order valence-corrected chi connectivity index (χ3v) is 1.64. The van der Waals surface area contributed by atoms with Crippen molar-refractivity contribution >= 4 is 24.6 Å². The Morgan fingerprint density at radius 1 is 1.33 bits per heavy atom. The molecule has 0 N–H and O–H groups in total. The average molecular weight is 234 g/mol. The lowest BCUT2D eigenvalue weighted by Crippen LogP contribution is -2.28. The van der Waals surface area contributed by atoms with E-state index in [0.29, 0.717) is 0 Å². The van der Waals surface area contributed by atoms with Crippen LogP contribution in [0.4, 0.5) is 0 Å². The van der Waals surface area contributed by atoms with Crippen LogP contribution in [0.15, 0.2) is 0 Å². The molecule has 0 amide bonds. The Hall–Kier alpha value is -0.710. The summed E-state index contributed by atoms with van der Waals surface area (Å²) in [6.45, 7) is 6.98. The van der Waals surface area contributed by atoms with Crippen LogP contribution < -0.4 is 0 Å². The molecule has 0 spiro atoms. The molecule has 0 bridgehead atoms. The lowest BCUT2D eigenvalue weighted by Gasteiger charge is -2.21. The minimum atomic E-state index is -0.529. The van der Waals surface area contributed by atoms with Gasteiger partial charge in [-0.3, -0.25) is 9.59 Å². The summed E-state index contributed by atoms with van der Waals surface area (Å²) in [5.41, 5.74) is -0.529. The highest BCUT2D eigenvalue weighted by atomic mass is 32.1. The zero-order valence-electron chi connectivity index (χ0n) is 9.57. The van der Waals surface area contributed by atoms with E-state index < -0.39 is 23.5 Å². The minimum absolute atomic E-state index is 0.0233. The summed E-state index contributed by atoms with van der Waals surface area (Å²) in [5, 5.41) is 0. The van der Waals surface area contributed by atoms with Gasteiger partial charge in [-0.1, -0.05) is 6.92 Å². The van der Waals surface area contributed by atoms with Crippen LogP contribution in [0.2, 0.25) is 0 Å². The standard InChI is InChI=1S/C10H18O4S/c1-7(5-8(11)13-6-15)9(12)14-10(2,3)4/h7,15H,5-6H2,1-4H3. The molecular formula is C10H18O4S. The van der Waals surface area contributed by atoms with Crippen LogP contribution in [0.1, 0.15) is 34.1 Å². The molecule has 0 rings (SSSR count). The Morgan fingerprint density at radius 3 is 2.27 bits per heavy atom. The molecule has 0 aliphatic carbocycles. The number of hydrogen-bond acceptors (Lipinski definition) is 5. The molecule has 5 heteroatoms. The predicted molar refractivity (Wildman–Crippen MR) is 59.6 cm³/mol. The molecule has 4 nitrogen and oxygen atoms in total. The summed E-state index contributed by atoms with van der Waals surface area (Å²) in [7, 11) is 0. The van der Waals surface area contributed by atoms with Crippen molar-refractivity contribution in [2.75, 3.05) is 5.94 Å². The molecule has 1 atom stereocenters. The van der Waals surface area contributed by atoms with E-state index >= 15 is 0 Å². The summed E-state index contributed by atoms with van der Waals surface area (Å²) in [6.07, 6.45) is 0.0233. The van der Waals surface area contributed by atoms with Gasteiger partial charge in [0, 0.05) is 0 Å². The van der Waals surface area contributed by atoms with Gasteiger partial charge < -0.3 is 9.47 Å². The van der Waals surface area contributed by atoms with Gasteiger partial charge in [0.15, 0.2) is 0 Å². The van der Waals surface area contributed by atoms with Gasteiger partial charge in [0.05, 0.1) is 12.3 Å². The van der Waals surface area contributed by atoms with Crippen molar-refractivity contribution in [1.29, 1.82) is 0 Å². The van der Waals surface area contributed by atoms with E-state index in [2.05, 4.69) is 17.4 Å². The highest BCUT2D eigenvalue weighted by Gasteiger charge is 2.23. The van der Waals surface area contributed by atoms with Gasteiger partial charge in [-0.2, -0.15) is 0 Å². The molecule has 1 unspecified atom stereocenters. The number of rotatable bonds is 4. The molecular weight excluding hydrogens is 216 g/mol. The largest absolute Gasteiger partial charge is 0.460 e. The number of thiol groups is 1. The predicted octanol–water partition coefficient (Wildman–Crippen LogP) is 1.78. The Balaban J connectivity index is 4.05. The second-order valence-corrected chi connectivity index (χ2v) is 4.54. The zero-order chi connectivity index (χ0) is 12.1. The lowest BCUT2D eigenvalue weighted by atomic mass is 10.1. The Bertz CT molecular complexity index is 232. The van der Waals surface area contributed by atoms with Gasteiger partial charge in [0.25, 0.3) is 0 Å². The van der Waals surface area contributed by atoms with Crippen molar-refractivity contribution in [3.63, 3.8) is 0 Å². The SMILES string of the molecule is CC(CC(=O)OCS)C(=O)OC(C)(C)C. The van der Waals surface area contributed by atoms with Gasteiger partial charge >= 0.3 is 11.9 Å². The summed E-state index contributed by atoms with van der Waals surface area (Å²) in [5.74, 6) is -1.29. The maximum atomic E-state index is 11.4. The molecule has 0 aromatic carbocycles. The number of carbonyl (C=O) groups excluding carboxylic acids is 2. The second kappa shape index (κ2) is 6.00. The quantitative estimate of drug-likeness (QED) is 0.458. The van der Waals surface area contributed by atoms with E-state index in [9.17, 15) is 9.59 Å². The topological polar surface area (TPSA) is 52.6 Å². The highest BCUT2D eigenvalue weighted by Crippen LogP contribution is 2.13. The smallest absolute Gasteiger partial charge is 0.309 e. The maximum absolute atomic E-state index is 11.4. The van der Waals surface area contributed by atoms with Gasteiger partial charge in [0.1, 0.15) is 11.5 Å². The number of ether oxygens (including phenoxy) is 2. The van der Waals surface area contributed by atoms with Crippen LogP contribution >= 0.6 is 12.6 Å². The van der Waals surface area contributed by atoms with Gasteiger partial charge in [-0.15, -0.1) is 12.6 Å². The van der Waals surface area contributed by atoms with E-state index in [4.69, 9.17) is 4.74 Å². The zero-order valence-corrected chi connectivity index (χ0v) is 10.5. The average Bonchev–Trinajstić information content (AvgIpc) is 2.00. The summed E-state index contributed by atoms with van der Waals surface area (Å²) < 4.78 is 9.72. The third kappa shape index (κ3) is 7.25. The molecule has 15 heavy (non-hydrogen) atoms. The first kappa shape index (κ1) is 14.3. The maximum Gasteiger partial charge on any atom is 0.309 e. The highest BCUT2D eigenvalue weighted by molar-refractivity contribution is 7.80. The van der Waals surface area contributed by atoms with Crippen LogP contribution in [0, 0.1) is 5.92 Å². The lowest BCUT2D eigenvalue weighted by molar-refractivity contribution is -0.162. The monoisotopic (exact) mass is 234 g/mol. The molecule has 0 aliphatic rings. The van der Waals surface area contributed by atoms with Gasteiger partial charge in [-0.25, -0.2) is 0 Å². The van der Waals surface area contributed by atoms with E-state index in [1.54, 1.807) is 27.7 Å². The molecule has 0 aromatic rings. The Kier molecular flexibility index (Phi) is 5.72. The minimum Gasteiger partial charge on any atom is -0.460 e. The van der Waals surface area contributed by atoms with Crippen molar-refractivity contribution in [3.8, 4) is 0 Å². The third-order valence-electron chi connectivity index (χ3n) is 1.51. The molecule has 0 fully saturated rings. The normalized spacial score (nSPS) is 13.1. The fourth-order valence-electron chi connectivity index (χ4n) is 0.867. The fourth-order valence-corrected chi connectivity index (χ4v) is 1.01. The second-order valence-electron chi connectivity index (χ2n) is 4.28. The molecule has 0 radical (unpaired) electrons. The number of carbonyl (C=O) groups is 2. The van der Waals surface area contributed by atoms with Crippen molar-refractivity contribution in [2.45, 2.75) is 39.7 Å². The summed E-state index contributed by atoms with van der Waals surface area (Å²) >= 11 is 3.74. The molecule has 0 saturated heterocycles. The molecule has 0 aromatic heterocycles. The van der Waals surface area contributed by atoms with E-state index in [-0.39, 0.29) is 12.4 Å². The molecule has 0 aliphatic heterocycles. The first-order chi connectivity index (χ1) is 6.76. The molecule has 88 valence electrons. The number of hydrogen-bond donors (Lipinski definition) is 1. The van der Waals surface area contributed by atoms with Crippen LogP contribution in [0.5, 0.6) is 0 Å². The van der Waals surface area contributed by atoms with Crippen molar-refractivity contribution in [3.05, 3.63) is 0 Å². The van der Waals surface area contributed by atoms with Gasteiger partial charge in [0.2, 0.25) is 0 Å². The van der Waals surface area contributed by atoms with E-state index in [0.717, 1.165) is 0 Å². The van der Waals surface area contributed by atoms with Crippen LogP contribution in [0.25, 0.3) is 0 Å². The van der Waals surface area contributed by atoms with Crippen molar-refractivity contribution < 1.29 is 19.1 Å². The van der Waals surface area contributed by atoms with E-state index in [1.165, 1.54) is 0 Å². The van der Waals surface area contributed by atoms with E-state index in [1.807, 2.05) is 0 Å². The van der Waals surface area contributed by atoms with Crippen molar-refractivity contribution in [2.24, 2.45) is 5.92 Å².